The van der Waals surface area contributed by atoms with E-state index in [1.807, 2.05) is 31.2 Å². The van der Waals surface area contributed by atoms with Crippen LogP contribution in [0.3, 0.4) is 0 Å². The monoisotopic (exact) mass is 320 g/mol. The maximum Gasteiger partial charge on any atom is 0.248 e. The van der Waals surface area contributed by atoms with E-state index in [1.54, 1.807) is 13.8 Å². The number of aromatic amines is 1. The number of H-pyrrole nitrogens is 1. The quantitative estimate of drug-likeness (QED) is 0.737. The zero-order valence-corrected chi connectivity index (χ0v) is 13.7. The molecule has 0 radical (unpaired) electrons. The molecule has 6 nitrogen and oxygen atoms in total. The van der Waals surface area contributed by atoms with Crippen molar-refractivity contribution in [1.29, 1.82) is 0 Å². The van der Waals surface area contributed by atoms with E-state index in [0.29, 0.717) is 0 Å². The van der Waals surface area contributed by atoms with Crippen LogP contribution in [0.2, 0.25) is 0 Å². The van der Waals surface area contributed by atoms with E-state index in [0.717, 1.165) is 16.9 Å². The van der Waals surface area contributed by atoms with E-state index in [-0.39, 0.29) is 28.7 Å². The van der Waals surface area contributed by atoms with Crippen LogP contribution in [0.5, 0.6) is 0 Å². The number of carbonyl (C=O) groups excluding carboxylic acids is 2. The highest BCUT2D eigenvalue weighted by Crippen LogP contribution is 2.27. The van der Waals surface area contributed by atoms with Gasteiger partial charge in [0.2, 0.25) is 11.8 Å². The van der Waals surface area contributed by atoms with Gasteiger partial charge in [0.25, 0.3) is 0 Å². The molecule has 22 heavy (non-hydrogen) atoms. The third-order valence-electron chi connectivity index (χ3n) is 3.11. The van der Waals surface area contributed by atoms with Crippen LogP contribution in [0.15, 0.2) is 24.3 Å². The number of carbonyl (C=O) groups is 2. The number of para-hydroxylation sites is 2. The number of fused-ring (bicyclic) bond motifs is 1. The molecule has 1 atom stereocenters. The van der Waals surface area contributed by atoms with Gasteiger partial charge in [-0.05, 0) is 19.1 Å². The number of benzene rings is 1. The third-order valence-corrected chi connectivity index (χ3v) is 4.26. The second-order valence-electron chi connectivity index (χ2n) is 5.28. The topological polar surface area (TPSA) is 86.9 Å². The number of hydrazine groups is 1. The number of hydrogen-bond donors (Lipinski definition) is 3. The molecule has 2 aromatic rings. The summed E-state index contributed by atoms with van der Waals surface area (Å²) in [6.07, 6.45) is 0. The highest BCUT2D eigenvalue weighted by molar-refractivity contribution is 8.00. The van der Waals surface area contributed by atoms with Gasteiger partial charge in [0.15, 0.2) is 0 Å². The highest BCUT2D eigenvalue weighted by Gasteiger charge is 2.14. The molecule has 0 saturated heterocycles. The Morgan fingerprint density at radius 3 is 2.64 bits per heavy atom. The Balaban J connectivity index is 1.83. The van der Waals surface area contributed by atoms with Crippen LogP contribution in [0.1, 0.15) is 31.8 Å². The number of aromatic nitrogens is 2. The molecule has 0 fully saturated rings. The molecular weight excluding hydrogens is 300 g/mol. The molecule has 0 spiro atoms. The lowest BCUT2D eigenvalue weighted by molar-refractivity contribution is -0.129. The zero-order valence-electron chi connectivity index (χ0n) is 12.8. The summed E-state index contributed by atoms with van der Waals surface area (Å²) in [5.74, 6) is 0.481. The second-order valence-corrected chi connectivity index (χ2v) is 6.61. The van der Waals surface area contributed by atoms with Crippen molar-refractivity contribution in [3.05, 3.63) is 30.1 Å². The lowest BCUT2D eigenvalue weighted by atomic mass is 10.2. The highest BCUT2D eigenvalue weighted by atomic mass is 32.2. The van der Waals surface area contributed by atoms with E-state index < -0.39 is 0 Å². The van der Waals surface area contributed by atoms with Gasteiger partial charge in [0, 0.05) is 5.92 Å². The standard InChI is InChI=1S/C15H20N4O2S/c1-9(2)15(21)19-18-13(20)8-22-10(3)14-16-11-6-4-5-7-12(11)17-14/h4-7,9-10H,8H2,1-3H3,(H,16,17)(H,18,20)(H,19,21). The van der Waals surface area contributed by atoms with Crippen LogP contribution < -0.4 is 10.9 Å². The summed E-state index contributed by atoms with van der Waals surface area (Å²) in [6, 6.07) is 7.81. The fourth-order valence-corrected chi connectivity index (χ4v) is 2.50. The van der Waals surface area contributed by atoms with Gasteiger partial charge in [-0.15, -0.1) is 11.8 Å². The molecule has 2 amide bonds. The largest absolute Gasteiger partial charge is 0.341 e. The first-order valence-electron chi connectivity index (χ1n) is 7.12. The van der Waals surface area contributed by atoms with Crippen molar-refractivity contribution >= 4 is 34.6 Å². The maximum atomic E-state index is 11.7. The minimum Gasteiger partial charge on any atom is -0.341 e. The molecule has 0 aliphatic rings. The van der Waals surface area contributed by atoms with E-state index in [4.69, 9.17) is 0 Å². The molecule has 1 aromatic carbocycles. The predicted molar refractivity (Wildman–Crippen MR) is 88.1 cm³/mol. The first kappa shape index (κ1) is 16.4. The minimum absolute atomic E-state index is 0.0546. The smallest absolute Gasteiger partial charge is 0.248 e. The van der Waals surface area contributed by atoms with Crippen molar-refractivity contribution < 1.29 is 9.59 Å². The van der Waals surface area contributed by atoms with E-state index in [9.17, 15) is 9.59 Å². The number of imidazole rings is 1. The third kappa shape index (κ3) is 4.24. The number of rotatable bonds is 5. The zero-order chi connectivity index (χ0) is 16.1. The molecule has 7 heteroatoms. The molecule has 118 valence electrons. The van der Waals surface area contributed by atoms with E-state index in [1.165, 1.54) is 11.8 Å². The second kappa shape index (κ2) is 7.31. The van der Waals surface area contributed by atoms with Gasteiger partial charge in [0.05, 0.1) is 22.0 Å². The lowest BCUT2D eigenvalue weighted by Crippen LogP contribution is -2.44. The van der Waals surface area contributed by atoms with Crippen LogP contribution >= 0.6 is 11.8 Å². The number of hydrogen-bond acceptors (Lipinski definition) is 4. The summed E-state index contributed by atoms with van der Waals surface area (Å²) in [5.41, 5.74) is 6.70. The van der Waals surface area contributed by atoms with Crippen molar-refractivity contribution in [1.82, 2.24) is 20.8 Å². The fraction of sp³-hybridized carbons (Fsp3) is 0.400. The van der Waals surface area contributed by atoms with Gasteiger partial charge in [-0.1, -0.05) is 26.0 Å². The van der Waals surface area contributed by atoms with Crippen molar-refractivity contribution in [3.63, 3.8) is 0 Å². The summed E-state index contributed by atoms with van der Waals surface area (Å²) in [7, 11) is 0. The molecule has 0 aliphatic heterocycles. The van der Waals surface area contributed by atoms with E-state index >= 15 is 0 Å². The van der Waals surface area contributed by atoms with E-state index in [2.05, 4.69) is 20.8 Å². The van der Waals surface area contributed by atoms with Gasteiger partial charge in [-0.2, -0.15) is 0 Å². The average Bonchev–Trinajstić information content (AvgIpc) is 2.94. The van der Waals surface area contributed by atoms with Crippen LogP contribution in [0, 0.1) is 5.92 Å². The summed E-state index contributed by atoms with van der Waals surface area (Å²) < 4.78 is 0. The Bertz CT molecular complexity index is 635. The van der Waals surface area contributed by atoms with Crippen molar-refractivity contribution in [2.24, 2.45) is 5.92 Å². The van der Waals surface area contributed by atoms with Gasteiger partial charge < -0.3 is 4.98 Å². The molecule has 0 bridgehead atoms. The summed E-state index contributed by atoms with van der Waals surface area (Å²) in [5, 5.41) is 0.0546. The summed E-state index contributed by atoms with van der Waals surface area (Å²) >= 11 is 1.46. The maximum absolute atomic E-state index is 11.7. The normalized spacial score (nSPS) is 12.4. The lowest BCUT2D eigenvalue weighted by Gasteiger charge is -2.11. The van der Waals surface area contributed by atoms with Crippen LogP contribution in [-0.2, 0) is 9.59 Å². The van der Waals surface area contributed by atoms with Gasteiger partial charge >= 0.3 is 0 Å². The van der Waals surface area contributed by atoms with Gasteiger partial charge in [0.1, 0.15) is 5.82 Å². The molecule has 3 N–H and O–H groups in total. The Morgan fingerprint density at radius 1 is 1.23 bits per heavy atom. The first-order valence-corrected chi connectivity index (χ1v) is 8.17. The van der Waals surface area contributed by atoms with Gasteiger partial charge in [-0.3, -0.25) is 20.4 Å². The van der Waals surface area contributed by atoms with Crippen LogP contribution in [0.4, 0.5) is 0 Å². The Kier molecular flexibility index (Phi) is 5.43. The van der Waals surface area contributed by atoms with Crippen molar-refractivity contribution in [2.75, 3.05) is 5.75 Å². The molecule has 2 rings (SSSR count). The number of thioether (sulfide) groups is 1. The number of nitrogens with zero attached hydrogens (tertiary/aromatic N) is 1. The number of nitrogens with one attached hydrogen (secondary N) is 3. The molecular formula is C15H20N4O2S. The SMILES string of the molecule is CC(C)C(=O)NNC(=O)CSC(C)c1nc2ccccc2[nH]1. The minimum atomic E-state index is -0.234. The van der Waals surface area contributed by atoms with Crippen molar-refractivity contribution in [3.8, 4) is 0 Å². The molecule has 1 aromatic heterocycles. The fourth-order valence-electron chi connectivity index (χ4n) is 1.76. The van der Waals surface area contributed by atoms with Crippen LogP contribution in [-0.4, -0.2) is 27.5 Å². The Hall–Kier alpha value is -2.02. The van der Waals surface area contributed by atoms with Crippen LogP contribution in [0.25, 0.3) is 11.0 Å². The van der Waals surface area contributed by atoms with Gasteiger partial charge in [-0.25, -0.2) is 4.98 Å². The molecule has 1 heterocycles. The summed E-state index contributed by atoms with van der Waals surface area (Å²) in [4.78, 5) is 30.8. The average molecular weight is 320 g/mol. The predicted octanol–water partition coefficient (Wildman–Crippen LogP) is 2.16. The number of amides is 2. The first-order chi connectivity index (χ1) is 10.5. The molecule has 0 aliphatic carbocycles. The van der Waals surface area contributed by atoms with Crippen molar-refractivity contribution in [2.45, 2.75) is 26.0 Å². The Labute approximate surface area is 133 Å². The molecule has 0 saturated carbocycles. The Morgan fingerprint density at radius 2 is 1.95 bits per heavy atom. The molecule has 1 unspecified atom stereocenters. The summed E-state index contributed by atoms with van der Waals surface area (Å²) in [6.45, 7) is 5.52.